The third-order valence-corrected chi connectivity index (χ3v) is 8.85. The summed E-state index contributed by atoms with van der Waals surface area (Å²) in [7, 11) is 0. The van der Waals surface area contributed by atoms with Crippen LogP contribution in [0.1, 0.15) is 12.8 Å². The van der Waals surface area contributed by atoms with Crippen LogP contribution in [0, 0.1) is 11.8 Å². The first-order chi connectivity index (χ1) is 7.75. The van der Waals surface area contributed by atoms with E-state index in [1.165, 1.54) is 17.3 Å². The van der Waals surface area contributed by atoms with Crippen LogP contribution >= 0.6 is 27.5 Å². The first-order valence-electron chi connectivity index (χ1n) is 5.75. The number of alkyl halides is 2. The van der Waals surface area contributed by atoms with Gasteiger partial charge in [-0.3, -0.25) is 0 Å². The molecule has 3 heteroatoms. The second-order valence-corrected chi connectivity index (χ2v) is 9.06. The fraction of sp³-hybridized carbons (Fsp3) is 0.538. The Bertz CT molecular complexity index is 369. The van der Waals surface area contributed by atoms with Crippen molar-refractivity contribution in [1.29, 1.82) is 0 Å². The summed E-state index contributed by atoms with van der Waals surface area (Å²) in [5.41, 5.74) is 0. The topological polar surface area (TPSA) is 0 Å². The van der Waals surface area contributed by atoms with E-state index in [2.05, 4.69) is 46.3 Å². The molecule has 1 aromatic carbocycles. The molecule has 2 saturated carbocycles. The first kappa shape index (κ1) is 11.6. The summed E-state index contributed by atoms with van der Waals surface area (Å²) in [4.78, 5) is 1.46. The van der Waals surface area contributed by atoms with Crippen molar-refractivity contribution < 1.29 is 0 Å². The van der Waals surface area contributed by atoms with Gasteiger partial charge in [-0.05, 0) is 0 Å². The number of rotatable bonds is 2. The van der Waals surface area contributed by atoms with Crippen molar-refractivity contribution in [1.82, 2.24) is 0 Å². The van der Waals surface area contributed by atoms with Gasteiger partial charge >= 0.3 is 117 Å². The third kappa shape index (κ3) is 1.99. The molecule has 0 heterocycles. The maximum atomic E-state index is 6.58. The van der Waals surface area contributed by atoms with E-state index in [0.29, 0.717) is 20.3 Å². The quantitative estimate of drug-likeness (QED) is 0.558. The Morgan fingerprint density at radius 2 is 1.94 bits per heavy atom. The Morgan fingerprint density at radius 1 is 1.19 bits per heavy atom. The SMILES string of the molecule is Cl[C@H]1[C@@H]2C[C@H]([C@@H]1[Se]c1ccccc1)[C@@H](Br)C2. The van der Waals surface area contributed by atoms with Gasteiger partial charge in [0.1, 0.15) is 0 Å². The molecule has 0 radical (unpaired) electrons. The molecule has 0 saturated heterocycles. The number of halogens is 2. The average Bonchev–Trinajstić information content (AvgIpc) is 2.80. The van der Waals surface area contributed by atoms with Crippen LogP contribution in [0.2, 0.25) is 4.82 Å². The van der Waals surface area contributed by atoms with E-state index in [1.54, 1.807) is 0 Å². The molecule has 0 aliphatic heterocycles. The van der Waals surface area contributed by atoms with Gasteiger partial charge in [-0.1, -0.05) is 0 Å². The second kappa shape index (κ2) is 4.65. The fourth-order valence-corrected chi connectivity index (χ4v) is 8.17. The Morgan fingerprint density at radius 3 is 2.62 bits per heavy atom. The Labute approximate surface area is 116 Å². The molecule has 0 N–H and O–H groups in total. The molecule has 86 valence electrons. The van der Waals surface area contributed by atoms with Crippen LogP contribution in [0.4, 0.5) is 0 Å². The van der Waals surface area contributed by atoms with Crippen LogP contribution in [0.15, 0.2) is 30.3 Å². The summed E-state index contributed by atoms with van der Waals surface area (Å²) in [5.74, 6) is 1.60. The van der Waals surface area contributed by atoms with E-state index in [9.17, 15) is 0 Å². The van der Waals surface area contributed by atoms with Crippen LogP contribution in [0.25, 0.3) is 0 Å². The summed E-state index contributed by atoms with van der Waals surface area (Å²) < 4.78 is 1.50. The van der Waals surface area contributed by atoms with E-state index in [1.807, 2.05) is 0 Å². The summed E-state index contributed by atoms with van der Waals surface area (Å²) in [5, 5.41) is 0.430. The molecule has 2 bridgehead atoms. The number of hydrogen-bond donors (Lipinski definition) is 0. The van der Waals surface area contributed by atoms with Gasteiger partial charge < -0.3 is 0 Å². The minimum atomic E-state index is 0.430. The molecule has 0 amide bonds. The molecule has 0 nitrogen and oxygen atoms in total. The van der Waals surface area contributed by atoms with Gasteiger partial charge in [0.05, 0.1) is 0 Å². The van der Waals surface area contributed by atoms with Gasteiger partial charge in [0, 0.05) is 0 Å². The van der Waals surface area contributed by atoms with Gasteiger partial charge in [0.25, 0.3) is 0 Å². The molecular formula is C13H14BrClSe. The van der Waals surface area contributed by atoms with Crippen molar-refractivity contribution in [2.75, 3.05) is 0 Å². The average molecular weight is 365 g/mol. The van der Waals surface area contributed by atoms with Crippen molar-refractivity contribution >= 4 is 46.9 Å². The maximum absolute atomic E-state index is 6.58. The second-order valence-electron chi connectivity index (χ2n) is 4.75. The predicted molar refractivity (Wildman–Crippen MR) is 74.2 cm³/mol. The first-order valence-corrected chi connectivity index (χ1v) is 8.95. The van der Waals surface area contributed by atoms with Crippen molar-refractivity contribution in [2.45, 2.75) is 27.9 Å². The van der Waals surface area contributed by atoms with Gasteiger partial charge in [0.15, 0.2) is 0 Å². The van der Waals surface area contributed by atoms with E-state index < -0.39 is 0 Å². The molecule has 16 heavy (non-hydrogen) atoms. The molecule has 0 unspecified atom stereocenters. The van der Waals surface area contributed by atoms with Crippen molar-refractivity contribution in [2.24, 2.45) is 11.8 Å². The Kier molecular flexibility index (Phi) is 3.37. The monoisotopic (exact) mass is 364 g/mol. The molecule has 5 atom stereocenters. The minimum absolute atomic E-state index is 0.430. The zero-order chi connectivity index (χ0) is 11.1. The number of fused-ring (bicyclic) bond motifs is 2. The van der Waals surface area contributed by atoms with Crippen molar-refractivity contribution in [3.8, 4) is 0 Å². The van der Waals surface area contributed by atoms with Gasteiger partial charge in [0.2, 0.25) is 0 Å². The molecule has 2 aliphatic carbocycles. The van der Waals surface area contributed by atoms with Crippen LogP contribution in [-0.2, 0) is 0 Å². The molecule has 1 aromatic rings. The zero-order valence-corrected chi connectivity index (χ0v) is 12.9. The summed E-state index contributed by atoms with van der Waals surface area (Å²) in [6, 6.07) is 10.9. The van der Waals surface area contributed by atoms with Crippen molar-refractivity contribution in [3.05, 3.63) is 30.3 Å². The van der Waals surface area contributed by atoms with Crippen LogP contribution in [-0.4, -0.2) is 25.2 Å². The van der Waals surface area contributed by atoms with Gasteiger partial charge in [-0.25, -0.2) is 0 Å². The van der Waals surface area contributed by atoms with E-state index >= 15 is 0 Å². The number of hydrogen-bond acceptors (Lipinski definition) is 0. The predicted octanol–water partition coefficient (Wildman–Crippen LogP) is 3.22. The molecule has 2 aliphatic rings. The normalized spacial score (nSPS) is 41.5. The molecular weight excluding hydrogens is 350 g/mol. The van der Waals surface area contributed by atoms with E-state index in [4.69, 9.17) is 11.6 Å². The molecule has 2 fully saturated rings. The molecule has 0 spiro atoms. The van der Waals surface area contributed by atoms with Crippen LogP contribution < -0.4 is 4.46 Å². The van der Waals surface area contributed by atoms with E-state index in [-0.39, 0.29) is 0 Å². The van der Waals surface area contributed by atoms with Crippen LogP contribution in [0.3, 0.4) is 0 Å². The Hall–Kier alpha value is 0.509. The summed E-state index contributed by atoms with van der Waals surface area (Å²) in [6.07, 6.45) is 2.64. The summed E-state index contributed by atoms with van der Waals surface area (Å²) in [6.45, 7) is 0. The fourth-order valence-electron chi connectivity index (χ4n) is 2.97. The van der Waals surface area contributed by atoms with Gasteiger partial charge in [-0.15, -0.1) is 0 Å². The van der Waals surface area contributed by atoms with E-state index in [0.717, 1.165) is 21.5 Å². The molecule has 3 rings (SSSR count). The van der Waals surface area contributed by atoms with Gasteiger partial charge in [-0.2, -0.15) is 0 Å². The van der Waals surface area contributed by atoms with Crippen molar-refractivity contribution in [3.63, 3.8) is 0 Å². The van der Waals surface area contributed by atoms with Crippen LogP contribution in [0.5, 0.6) is 0 Å². The standard InChI is InChI=1S/C13H14BrClSe/c14-11-7-8-6-10(11)13(12(8)15)16-9-4-2-1-3-5-9/h1-5,8,10-13H,6-7H2/t8-,10+,11+,12+,13+/m1/s1. The third-order valence-electron chi connectivity index (χ3n) is 3.77. The Balaban J connectivity index is 1.76. The number of benzene rings is 1. The summed E-state index contributed by atoms with van der Waals surface area (Å²) >= 11 is 11.0. The zero-order valence-electron chi connectivity index (χ0n) is 8.85. The molecule has 0 aromatic heterocycles.